The third-order valence-corrected chi connectivity index (χ3v) is 6.17. The van der Waals surface area contributed by atoms with Gasteiger partial charge in [0.2, 0.25) is 15.9 Å². The van der Waals surface area contributed by atoms with Crippen LogP contribution in [0, 0.1) is 0 Å². The number of nitrogens with zero attached hydrogens (tertiary/aromatic N) is 1. The van der Waals surface area contributed by atoms with Crippen LogP contribution in [0.1, 0.15) is 18.1 Å². The van der Waals surface area contributed by atoms with Crippen molar-refractivity contribution < 1.29 is 22.8 Å². The van der Waals surface area contributed by atoms with Gasteiger partial charge >= 0.3 is 6.03 Å². The lowest BCUT2D eigenvalue weighted by Gasteiger charge is -2.22. The highest BCUT2D eigenvalue weighted by Gasteiger charge is 2.49. The molecule has 0 spiro atoms. The minimum atomic E-state index is -3.76. The average molecular weight is 465 g/mol. The van der Waals surface area contributed by atoms with Crippen molar-refractivity contribution in [2.75, 3.05) is 13.1 Å². The van der Waals surface area contributed by atoms with Crippen LogP contribution in [-0.2, 0) is 31.6 Å². The molecule has 2 aromatic rings. The standard InChI is InChI=1S/C20H21ClN4O5S/c1-20(14-4-6-15(21)7-5-14)18(27)25(19(28)24-20)12-17(26)23-11-10-13-2-8-16(9-3-13)31(22,29)30/h2-9H,10-12H2,1H3,(H,23,26)(H,24,28)(H2,22,29,30)/t20-/m0/s1. The van der Waals surface area contributed by atoms with Gasteiger partial charge in [-0.25, -0.2) is 18.4 Å². The SMILES string of the molecule is C[C@@]1(c2ccc(Cl)cc2)NC(=O)N(CC(=O)NCCc2ccc(S(N)(=O)=O)cc2)C1=O. The number of rotatable bonds is 7. The molecule has 0 radical (unpaired) electrons. The first-order valence-corrected chi connectivity index (χ1v) is 11.2. The molecule has 164 valence electrons. The molecule has 0 saturated carbocycles. The first-order chi connectivity index (χ1) is 14.5. The van der Waals surface area contributed by atoms with E-state index < -0.39 is 40.0 Å². The number of hydrogen-bond acceptors (Lipinski definition) is 5. The summed E-state index contributed by atoms with van der Waals surface area (Å²) in [7, 11) is -3.76. The number of carbonyl (C=O) groups is 3. The molecule has 0 unspecified atom stereocenters. The zero-order valence-electron chi connectivity index (χ0n) is 16.6. The fourth-order valence-corrected chi connectivity index (χ4v) is 3.85. The summed E-state index contributed by atoms with van der Waals surface area (Å²) in [5.74, 6) is -1.03. The van der Waals surface area contributed by atoms with Crippen molar-refractivity contribution in [2.45, 2.75) is 23.8 Å². The lowest BCUT2D eigenvalue weighted by Crippen LogP contribution is -2.43. The van der Waals surface area contributed by atoms with Gasteiger partial charge in [-0.1, -0.05) is 35.9 Å². The Hall–Kier alpha value is -2.95. The van der Waals surface area contributed by atoms with Crippen molar-refractivity contribution in [1.29, 1.82) is 0 Å². The Morgan fingerprint density at radius 1 is 1.13 bits per heavy atom. The zero-order chi connectivity index (χ0) is 22.8. The van der Waals surface area contributed by atoms with Crippen molar-refractivity contribution in [3.05, 3.63) is 64.7 Å². The molecule has 0 bridgehead atoms. The quantitative estimate of drug-likeness (QED) is 0.527. The topological polar surface area (TPSA) is 139 Å². The second kappa shape index (κ2) is 8.66. The minimum Gasteiger partial charge on any atom is -0.354 e. The van der Waals surface area contributed by atoms with Gasteiger partial charge in [0, 0.05) is 11.6 Å². The predicted molar refractivity (Wildman–Crippen MR) is 114 cm³/mol. The van der Waals surface area contributed by atoms with Crippen LogP contribution in [0.3, 0.4) is 0 Å². The van der Waals surface area contributed by atoms with Gasteiger partial charge in [0.05, 0.1) is 4.90 Å². The van der Waals surface area contributed by atoms with E-state index in [0.717, 1.165) is 10.5 Å². The number of urea groups is 1. The number of sulfonamides is 1. The summed E-state index contributed by atoms with van der Waals surface area (Å²) in [6.07, 6.45) is 0.430. The van der Waals surface area contributed by atoms with E-state index in [1.165, 1.54) is 12.1 Å². The molecular weight excluding hydrogens is 444 g/mol. The maximum Gasteiger partial charge on any atom is 0.325 e. The Labute approximate surface area is 184 Å². The summed E-state index contributed by atoms with van der Waals surface area (Å²) in [6, 6.07) is 11.8. The number of nitrogens with one attached hydrogen (secondary N) is 2. The Morgan fingerprint density at radius 3 is 2.32 bits per heavy atom. The first-order valence-electron chi connectivity index (χ1n) is 9.29. The van der Waals surface area contributed by atoms with Crippen molar-refractivity contribution in [1.82, 2.24) is 15.5 Å². The van der Waals surface area contributed by atoms with Crippen molar-refractivity contribution in [3.8, 4) is 0 Å². The molecule has 1 saturated heterocycles. The largest absolute Gasteiger partial charge is 0.354 e. The normalized spacial score (nSPS) is 18.7. The van der Waals surface area contributed by atoms with E-state index in [9.17, 15) is 22.8 Å². The summed E-state index contributed by atoms with van der Waals surface area (Å²) in [6.45, 7) is 1.39. The Balaban J connectivity index is 1.56. The number of primary sulfonamides is 1. The molecule has 1 aliphatic rings. The molecule has 2 aromatic carbocycles. The molecule has 1 fully saturated rings. The van der Waals surface area contributed by atoms with Gasteiger partial charge in [-0.2, -0.15) is 0 Å². The van der Waals surface area contributed by atoms with Crippen LogP contribution in [0.5, 0.6) is 0 Å². The Kier molecular flexibility index (Phi) is 6.35. The first kappa shape index (κ1) is 22.7. The van der Waals surface area contributed by atoms with Crippen LogP contribution < -0.4 is 15.8 Å². The van der Waals surface area contributed by atoms with Crippen molar-refractivity contribution in [2.24, 2.45) is 5.14 Å². The van der Waals surface area contributed by atoms with E-state index in [-0.39, 0.29) is 11.4 Å². The zero-order valence-corrected chi connectivity index (χ0v) is 18.2. The summed E-state index contributed by atoms with van der Waals surface area (Å²) in [4.78, 5) is 38.3. The third kappa shape index (κ3) is 5.04. The number of hydrogen-bond donors (Lipinski definition) is 3. The molecule has 3 rings (SSSR count). The molecule has 0 aliphatic carbocycles. The maximum absolute atomic E-state index is 12.8. The van der Waals surface area contributed by atoms with E-state index >= 15 is 0 Å². The van der Waals surface area contributed by atoms with Crippen LogP contribution in [0.15, 0.2) is 53.4 Å². The van der Waals surface area contributed by atoms with Gasteiger partial charge in [-0.05, 0) is 48.7 Å². The van der Waals surface area contributed by atoms with Crippen molar-refractivity contribution >= 4 is 39.5 Å². The molecule has 1 aliphatic heterocycles. The van der Waals surface area contributed by atoms with Gasteiger partial charge in [-0.3, -0.25) is 14.5 Å². The number of nitrogens with two attached hydrogens (primary N) is 1. The van der Waals surface area contributed by atoms with E-state index in [0.29, 0.717) is 17.0 Å². The van der Waals surface area contributed by atoms with Crippen LogP contribution in [0.2, 0.25) is 5.02 Å². The van der Waals surface area contributed by atoms with Gasteiger partial charge in [0.1, 0.15) is 12.1 Å². The van der Waals surface area contributed by atoms with E-state index in [2.05, 4.69) is 10.6 Å². The van der Waals surface area contributed by atoms with Crippen LogP contribution >= 0.6 is 11.6 Å². The monoisotopic (exact) mass is 464 g/mol. The predicted octanol–water partition coefficient (Wildman–Crippen LogP) is 1.11. The van der Waals surface area contributed by atoms with Crippen LogP contribution in [0.25, 0.3) is 0 Å². The fraction of sp³-hybridized carbons (Fsp3) is 0.250. The second-order valence-corrected chi connectivity index (χ2v) is 9.24. The molecule has 11 heteroatoms. The second-order valence-electron chi connectivity index (χ2n) is 7.24. The highest BCUT2D eigenvalue weighted by Crippen LogP contribution is 2.29. The average Bonchev–Trinajstić information content (AvgIpc) is 2.92. The number of carbonyl (C=O) groups excluding carboxylic acids is 3. The number of benzene rings is 2. The summed E-state index contributed by atoms with van der Waals surface area (Å²) in [5.41, 5.74) is 0.0617. The molecule has 31 heavy (non-hydrogen) atoms. The maximum atomic E-state index is 12.8. The van der Waals surface area contributed by atoms with Gasteiger partial charge in [-0.15, -0.1) is 0 Å². The molecule has 1 atom stereocenters. The smallest absolute Gasteiger partial charge is 0.325 e. The lowest BCUT2D eigenvalue weighted by atomic mass is 9.92. The van der Waals surface area contributed by atoms with E-state index in [1.54, 1.807) is 43.3 Å². The minimum absolute atomic E-state index is 0.00239. The Morgan fingerprint density at radius 2 is 1.74 bits per heavy atom. The number of halogens is 1. The Bertz CT molecular complexity index is 1120. The van der Waals surface area contributed by atoms with Gasteiger partial charge < -0.3 is 10.6 Å². The molecular formula is C20H21ClN4O5S. The molecule has 4 amide bonds. The van der Waals surface area contributed by atoms with Crippen LogP contribution in [-0.4, -0.2) is 44.3 Å². The van der Waals surface area contributed by atoms with E-state index in [1.807, 2.05) is 0 Å². The van der Waals surface area contributed by atoms with Crippen molar-refractivity contribution in [3.63, 3.8) is 0 Å². The van der Waals surface area contributed by atoms with Gasteiger partial charge in [0.25, 0.3) is 5.91 Å². The number of imide groups is 1. The molecule has 9 nitrogen and oxygen atoms in total. The highest BCUT2D eigenvalue weighted by molar-refractivity contribution is 7.89. The van der Waals surface area contributed by atoms with Crippen LogP contribution in [0.4, 0.5) is 4.79 Å². The highest BCUT2D eigenvalue weighted by atomic mass is 35.5. The molecule has 1 heterocycles. The summed E-state index contributed by atoms with van der Waals surface area (Å²) >= 11 is 5.88. The summed E-state index contributed by atoms with van der Waals surface area (Å²) < 4.78 is 22.5. The fourth-order valence-electron chi connectivity index (χ4n) is 3.21. The number of amides is 4. The van der Waals surface area contributed by atoms with Gasteiger partial charge in [0.15, 0.2) is 0 Å². The molecule has 4 N–H and O–H groups in total. The summed E-state index contributed by atoms with van der Waals surface area (Å²) in [5, 5.41) is 10.8. The third-order valence-electron chi connectivity index (χ3n) is 4.99. The van der Waals surface area contributed by atoms with E-state index in [4.69, 9.17) is 16.7 Å². The lowest BCUT2D eigenvalue weighted by molar-refractivity contribution is -0.134. The molecule has 0 aromatic heterocycles.